The minimum Gasteiger partial charge on any atom is -0.373 e. The van der Waals surface area contributed by atoms with Gasteiger partial charge in [-0.15, -0.1) is 0 Å². The molecule has 158 valence electrons. The molecule has 2 saturated heterocycles. The van der Waals surface area contributed by atoms with E-state index >= 15 is 0 Å². The molecule has 0 radical (unpaired) electrons. The fourth-order valence-corrected chi connectivity index (χ4v) is 4.65. The van der Waals surface area contributed by atoms with Crippen LogP contribution >= 0.6 is 15.6 Å². The van der Waals surface area contributed by atoms with Crippen molar-refractivity contribution in [2.45, 2.75) is 44.9 Å². The molecule has 3 unspecified atom stereocenters. The Morgan fingerprint density at radius 1 is 1.22 bits per heavy atom. The van der Waals surface area contributed by atoms with Crippen molar-refractivity contribution in [1.29, 1.82) is 0 Å². The zero-order chi connectivity index (χ0) is 20.2. The van der Waals surface area contributed by atoms with Crippen LogP contribution in [0.1, 0.15) is 26.7 Å². The Kier molecular flexibility index (Phi) is 8.01. The molecule has 6 atom stereocenters. The van der Waals surface area contributed by atoms with Gasteiger partial charge in [-0.2, -0.15) is 0 Å². The summed E-state index contributed by atoms with van der Waals surface area (Å²) in [4.78, 5) is 32.5. The van der Waals surface area contributed by atoms with Crippen LogP contribution in [0.2, 0.25) is 0 Å². The number of carbonyl (C=O) groups excluding carboxylic acids is 1. The predicted molar refractivity (Wildman–Crippen MR) is 92.7 cm³/mol. The number of rotatable bonds is 9. The first-order valence-corrected chi connectivity index (χ1v) is 11.6. The van der Waals surface area contributed by atoms with Gasteiger partial charge >= 0.3 is 15.6 Å². The van der Waals surface area contributed by atoms with Crippen molar-refractivity contribution in [2.75, 3.05) is 33.5 Å². The Bertz CT molecular complexity index is 617. The van der Waals surface area contributed by atoms with Crippen LogP contribution in [0.4, 0.5) is 0 Å². The van der Waals surface area contributed by atoms with Gasteiger partial charge in [-0.3, -0.25) is 22.9 Å². The number of phosphoric ester groups is 2. The van der Waals surface area contributed by atoms with E-state index in [4.69, 9.17) is 18.3 Å². The van der Waals surface area contributed by atoms with Gasteiger partial charge in [-0.1, -0.05) is 6.92 Å². The Labute approximate surface area is 158 Å². The van der Waals surface area contributed by atoms with Crippen molar-refractivity contribution in [3.05, 3.63) is 0 Å². The van der Waals surface area contributed by atoms with Gasteiger partial charge in [0.1, 0.15) is 12.2 Å². The maximum absolute atomic E-state index is 12.3. The van der Waals surface area contributed by atoms with Gasteiger partial charge in [0.15, 0.2) is 0 Å². The molecule has 0 aliphatic carbocycles. The monoisotopic (exact) mass is 431 g/mol. The van der Waals surface area contributed by atoms with E-state index in [9.17, 15) is 23.7 Å². The molecule has 0 aromatic carbocycles. The standard InChI is InChI=1S/C14H27NO10P2/c1-10-6-12(15(7-10)11(2)16)8-23-27(19,20)25-13-4-5-22-14(13)9-24-26(17,18)21-3/h10,12-14H,4-9H2,1-3H3,(H,17,18)(H,19,20)/t10-,12+,13?,14-/m1/s1. The molecule has 0 spiro atoms. The third kappa shape index (κ3) is 6.88. The van der Waals surface area contributed by atoms with Crippen LogP contribution < -0.4 is 0 Å². The summed E-state index contributed by atoms with van der Waals surface area (Å²) in [6.45, 7) is 3.79. The van der Waals surface area contributed by atoms with E-state index in [0.717, 1.165) is 7.11 Å². The van der Waals surface area contributed by atoms with Crippen LogP contribution in [-0.4, -0.2) is 72.3 Å². The topological polar surface area (TPSA) is 141 Å². The summed E-state index contributed by atoms with van der Waals surface area (Å²) in [7, 11) is -7.58. The van der Waals surface area contributed by atoms with Crippen LogP contribution in [-0.2, 0) is 36.8 Å². The Morgan fingerprint density at radius 3 is 2.52 bits per heavy atom. The Hall–Kier alpha value is -0.350. The molecule has 2 heterocycles. The number of nitrogens with zero attached hydrogens (tertiary/aromatic N) is 1. The zero-order valence-electron chi connectivity index (χ0n) is 15.6. The number of hydrogen-bond donors (Lipinski definition) is 2. The van der Waals surface area contributed by atoms with Crippen LogP contribution in [0.25, 0.3) is 0 Å². The fourth-order valence-electron chi connectivity index (χ4n) is 3.20. The van der Waals surface area contributed by atoms with Gasteiger partial charge in [0.25, 0.3) is 0 Å². The molecule has 0 bridgehead atoms. The van der Waals surface area contributed by atoms with Crippen LogP contribution in [0.5, 0.6) is 0 Å². The van der Waals surface area contributed by atoms with Gasteiger partial charge in [0, 0.05) is 33.6 Å². The van der Waals surface area contributed by atoms with Gasteiger partial charge < -0.3 is 19.4 Å². The molecule has 1 amide bonds. The number of phosphoric acid groups is 2. The van der Waals surface area contributed by atoms with Gasteiger partial charge in [0.05, 0.1) is 19.3 Å². The number of hydrogen-bond acceptors (Lipinski definition) is 8. The lowest BCUT2D eigenvalue weighted by Crippen LogP contribution is -2.36. The van der Waals surface area contributed by atoms with E-state index in [2.05, 4.69) is 4.52 Å². The van der Waals surface area contributed by atoms with E-state index in [1.807, 2.05) is 6.92 Å². The molecule has 2 fully saturated rings. The van der Waals surface area contributed by atoms with Crippen LogP contribution in [0.15, 0.2) is 0 Å². The number of likely N-dealkylation sites (tertiary alicyclic amines) is 1. The maximum Gasteiger partial charge on any atom is 0.472 e. The van der Waals surface area contributed by atoms with Crippen molar-refractivity contribution < 1.29 is 46.5 Å². The molecule has 0 aromatic rings. The molecule has 2 aliphatic rings. The summed E-state index contributed by atoms with van der Waals surface area (Å²) < 4.78 is 48.2. The van der Waals surface area contributed by atoms with Crippen molar-refractivity contribution in [3.8, 4) is 0 Å². The lowest BCUT2D eigenvalue weighted by Gasteiger charge is -2.25. The SMILES string of the molecule is COP(=O)(O)OC[C@H]1OCCC1OP(=O)(O)OC[C@@H]1C[C@@H](C)CN1C(C)=O. The number of amides is 1. The predicted octanol–water partition coefficient (Wildman–Crippen LogP) is 1.30. The highest BCUT2D eigenvalue weighted by Crippen LogP contribution is 2.48. The van der Waals surface area contributed by atoms with Gasteiger partial charge in [-0.05, 0) is 12.3 Å². The van der Waals surface area contributed by atoms with Crippen molar-refractivity contribution in [2.24, 2.45) is 5.92 Å². The lowest BCUT2D eigenvalue weighted by atomic mass is 10.1. The fraction of sp³-hybridized carbons (Fsp3) is 0.929. The molecule has 2 aliphatic heterocycles. The highest BCUT2D eigenvalue weighted by molar-refractivity contribution is 7.47. The highest BCUT2D eigenvalue weighted by atomic mass is 31.2. The number of carbonyl (C=O) groups is 1. The Morgan fingerprint density at radius 2 is 1.89 bits per heavy atom. The first-order valence-electron chi connectivity index (χ1n) is 8.60. The van der Waals surface area contributed by atoms with E-state index in [1.54, 1.807) is 4.90 Å². The molecule has 27 heavy (non-hydrogen) atoms. The normalized spacial score (nSPS) is 33.0. The molecule has 0 aromatic heterocycles. The molecule has 11 nitrogen and oxygen atoms in total. The minimum absolute atomic E-state index is 0.116. The Balaban J connectivity index is 1.86. The quantitative estimate of drug-likeness (QED) is 0.513. The third-order valence-electron chi connectivity index (χ3n) is 4.51. The summed E-state index contributed by atoms with van der Waals surface area (Å²) in [5.74, 6) is 0.163. The van der Waals surface area contributed by atoms with Crippen molar-refractivity contribution >= 4 is 21.6 Å². The van der Waals surface area contributed by atoms with Gasteiger partial charge in [0.2, 0.25) is 5.91 Å². The van der Waals surface area contributed by atoms with E-state index < -0.39 is 27.9 Å². The average molecular weight is 431 g/mol. The van der Waals surface area contributed by atoms with Crippen LogP contribution in [0, 0.1) is 5.92 Å². The summed E-state index contributed by atoms with van der Waals surface area (Å²) in [6.07, 6.45) is -0.690. The van der Waals surface area contributed by atoms with E-state index in [-0.39, 0.29) is 37.7 Å². The molecule has 0 saturated carbocycles. The summed E-state index contributed by atoms with van der Waals surface area (Å²) in [5, 5.41) is 0. The van der Waals surface area contributed by atoms with E-state index in [1.165, 1.54) is 6.92 Å². The summed E-state index contributed by atoms with van der Waals surface area (Å²) in [5.41, 5.74) is 0. The summed E-state index contributed by atoms with van der Waals surface area (Å²) >= 11 is 0. The zero-order valence-corrected chi connectivity index (χ0v) is 17.3. The maximum atomic E-state index is 12.3. The second-order valence-corrected chi connectivity index (χ2v) is 9.69. The second kappa shape index (κ2) is 9.43. The molecule has 2 rings (SSSR count). The second-order valence-electron chi connectivity index (χ2n) is 6.72. The molecule has 2 N–H and O–H groups in total. The third-order valence-corrected chi connectivity index (χ3v) is 6.46. The van der Waals surface area contributed by atoms with Crippen molar-refractivity contribution in [1.82, 2.24) is 4.90 Å². The van der Waals surface area contributed by atoms with Crippen molar-refractivity contribution in [3.63, 3.8) is 0 Å². The van der Waals surface area contributed by atoms with Crippen LogP contribution in [0.3, 0.4) is 0 Å². The molecule has 13 heteroatoms. The highest BCUT2D eigenvalue weighted by Gasteiger charge is 2.39. The summed E-state index contributed by atoms with van der Waals surface area (Å²) in [6, 6.07) is -0.289. The number of ether oxygens (including phenoxy) is 1. The largest absolute Gasteiger partial charge is 0.472 e. The average Bonchev–Trinajstić information content (AvgIpc) is 3.17. The lowest BCUT2D eigenvalue weighted by molar-refractivity contribution is -0.130. The first kappa shape index (κ1) is 22.9. The minimum atomic E-state index is -4.42. The smallest absolute Gasteiger partial charge is 0.373 e. The first-order chi connectivity index (χ1) is 12.5. The van der Waals surface area contributed by atoms with Gasteiger partial charge in [-0.25, -0.2) is 9.13 Å². The molecular formula is C14H27NO10P2. The van der Waals surface area contributed by atoms with E-state index in [0.29, 0.717) is 19.4 Å². The molecular weight excluding hydrogens is 404 g/mol.